The van der Waals surface area contributed by atoms with Crippen LogP contribution in [0.5, 0.6) is 5.75 Å². The standard InChI is InChI=1S/C23H25F3N2O/c1-2-17-3-9-20(10-4-17)21-11-5-18(6-12-21)15-27-28-16-19-7-13-22(14-8-19)29-23(24,25)26/h5-8,11-17,20H,2-4,9-10H2,1H3/t17-,20-. The molecule has 0 atom stereocenters. The summed E-state index contributed by atoms with van der Waals surface area (Å²) >= 11 is 0. The molecule has 0 heterocycles. The molecule has 0 amide bonds. The van der Waals surface area contributed by atoms with Gasteiger partial charge in [-0.1, -0.05) is 37.6 Å². The number of ether oxygens (including phenoxy) is 1. The van der Waals surface area contributed by atoms with Crippen molar-refractivity contribution in [2.75, 3.05) is 0 Å². The van der Waals surface area contributed by atoms with Crippen molar-refractivity contribution in [3.05, 3.63) is 65.2 Å². The zero-order valence-corrected chi connectivity index (χ0v) is 16.4. The van der Waals surface area contributed by atoms with E-state index in [1.807, 2.05) is 12.1 Å². The SMILES string of the molecule is CC[C@H]1CC[C@H](c2ccc(C=NN=Cc3ccc(OC(F)(F)F)cc3)cc2)CC1. The number of hydrogen-bond donors (Lipinski definition) is 0. The summed E-state index contributed by atoms with van der Waals surface area (Å²) in [5, 5.41) is 7.97. The van der Waals surface area contributed by atoms with Crippen molar-refractivity contribution < 1.29 is 17.9 Å². The molecule has 29 heavy (non-hydrogen) atoms. The Morgan fingerprint density at radius 3 is 1.86 bits per heavy atom. The predicted octanol–water partition coefficient (Wildman–Crippen LogP) is 6.72. The highest BCUT2D eigenvalue weighted by molar-refractivity contribution is 5.82. The van der Waals surface area contributed by atoms with E-state index in [2.05, 4.69) is 34.0 Å². The quantitative estimate of drug-likeness (QED) is 0.390. The molecule has 6 heteroatoms. The van der Waals surface area contributed by atoms with E-state index >= 15 is 0 Å². The molecule has 3 nitrogen and oxygen atoms in total. The lowest BCUT2D eigenvalue weighted by Gasteiger charge is -2.28. The monoisotopic (exact) mass is 402 g/mol. The first-order valence-electron chi connectivity index (χ1n) is 9.95. The smallest absolute Gasteiger partial charge is 0.406 e. The Balaban J connectivity index is 1.51. The van der Waals surface area contributed by atoms with Gasteiger partial charge in [0, 0.05) is 0 Å². The molecule has 3 rings (SSSR count). The van der Waals surface area contributed by atoms with Crippen molar-refractivity contribution in [2.45, 2.75) is 51.3 Å². The van der Waals surface area contributed by atoms with Gasteiger partial charge in [0.1, 0.15) is 5.75 Å². The van der Waals surface area contributed by atoms with Crippen molar-refractivity contribution in [2.24, 2.45) is 16.1 Å². The Bertz CT molecular complexity index is 819. The molecular formula is C23H25F3N2O. The van der Waals surface area contributed by atoms with Crippen LogP contribution in [-0.4, -0.2) is 18.8 Å². The van der Waals surface area contributed by atoms with E-state index in [1.54, 1.807) is 6.21 Å². The van der Waals surface area contributed by atoms with E-state index in [0.29, 0.717) is 11.5 Å². The van der Waals surface area contributed by atoms with E-state index in [1.165, 1.54) is 68.1 Å². The predicted molar refractivity (Wildman–Crippen MR) is 110 cm³/mol. The molecular weight excluding hydrogens is 377 g/mol. The third kappa shape index (κ3) is 6.73. The van der Waals surface area contributed by atoms with Crippen LogP contribution in [0.1, 0.15) is 61.6 Å². The largest absolute Gasteiger partial charge is 0.573 e. The van der Waals surface area contributed by atoms with Crippen LogP contribution in [-0.2, 0) is 0 Å². The fourth-order valence-electron chi connectivity index (χ4n) is 3.71. The van der Waals surface area contributed by atoms with Crippen molar-refractivity contribution in [1.82, 2.24) is 0 Å². The zero-order valence-electron chi connectivity index (χ0n) is 16.4. The Morgan fingerprint density at radius 1 is 0.862 bits per heavy atom. The minimum Gasteiger partial charge on any atom is -0.406 e. The van der Waals surface area contributed by atoms with Crippen LogP contribution in [0.3, 0.4) is 0 Å². The maximum absolute atomic E-state index is 12.1. The highest BCUT2D eigenvalue weighted by atomic mass is 19.4. The van der Waals surface area contributed by atoms with Gasteiger partial charge in [-0.3, -0.25) is 0 Å². The molecule has 1 saturated carbocycles. The number of alkyl halides is 3. The van der Waals surface area contributed by atoms with Gasteiger partial charge in [0.05, 0.1) is 12.4 Å². The molecule has 0 aliphatic heterocycles. The minimum atomic E-state index is -4.69. The highest BCUT2D eigenvalue weighted by Crippen LogP contribution is 2.36. The summed E-state index contributed by atoms with van der Waals surface area (Å²) in [5.41, 5.74) is 2.98. The van der Waals surface area contributed by atoms with Gasteiger partial charge in [-0.05, 0) is 78.5 Å². The van der Waals surface area contributed by atoms with Gasteiger partial charge in [-0.15, -0.1) is 13.2 Å². The molecule has 0 unspecified atom stereocenters. The molecule has 0 saturated heterocycles. The van der Waals surface area contributed by atoms with Crippen molar-refractivity contribution >= 4 is 12.4 Å². The highest BCUT2D eigenvalue weighted by Gasteiger charge is 2.30. The minimum absolute atomic E-state index is 0.263. The summed E-state index contributed by atoms with van der Waals surface area (Å²) in [5.74, 6) is 1.29. The molecule has 0 bridgehead atoms. The maximum atomic E-state index is 12.1. The molecule has 0 aromatic heterocycles. The van der Waals surface area contributed by atoms with Crippen LogP contribution in [0.2, 0.25) is 0 Å². The number of hydrogen-bond acceptors (Lipinski definition) is 3. The van der Waals surface area contributed by atoms with Crippen LogP contribution in [0.15, 0.2) is 58.7 Å². The van der Waals surface area contributed by atoms with Crippen LogP contribution in [0.4, 0.5) is 13.2 Å². The van der Waals surface area contributed by atoms with E-state index in [-0.39, 0.29) is 5.75 Å². The number of halogens is 3. The summed E-state index contributed by atoms with van der Waals surface area (Å²) in [6.45, 7) is 2.28. The van der Waals surface area contributed by atoms with Gasteiger partial charge in [0.2, 0.25) is 0 Å². The number of rotatable bonds is 6. The first kappa shape index (κ1) is 21.1. The lowest BCUT2D eigenvalue weighted by atomic mass is 9.78. The van der Waals surface area contributed by atoms with Gasteiger partial charge in [-0.2, -0.15) is 10.2 Å². The van der Waals surface area contributed by atoms with Gasteiger partial charge >= 0.3 is 6.36 Å². The molecule has 154 valence electrons. The topological polar surface area (TPSA) is 34.0 Å². The fourth-order valence-corrected chi connectivity index (χ4v) is 3.71. The van der Waals surface area contributed by atoms with Crippen molar-refractivity contribution in [3.8, 4) is 5.75 Å². The summed E-state index contributed by atoms with van der Waals surface area (Å²) in [7, 11) is 0. The molecule has 1 aliphatic rings. The third-order valence-corrected chi connectivity index (χ3v) is 5.43. The number of nitrogens with zero attached hydrogens (tertiary/aromatic N) is 2. The first-order valence-corrected chi connectivity index (χ1v) is 9.95. The van der Waals surface area contributed by atoms with Gasteiger partial charge < -0.3 is 4.74 Å². The summed E-state index contributed by atoms with van der Waals surface area (Å²) < 4.78 is 40.3. The molecule has 2 aromatic carbocycles. The Labute approximate surface area is 169 Å². The van der Waals surface area contributed by atoms with Crippen molar-refractivity contribution in [1.29, 1.82) is 0 Å². The molecule has 1 fully saturated rings. The molecule has 0 N–H and O–H groups in total. The lowest BCUT2D eigenvalue weighted by Crippen LogP contribution is -2.16. The average Bonchev–Trinajstić information content (AvgIpc) is 2.72. The summed E-state index contributed by atoms with van der Waals surface area (Å²) in [6.07, 6.45) is 4.92. The summed E-state index contributed by atoms with van der Waals surface area (Å²) in [4.78, 5) is 0. The molecule has 2 aromatic rings. The maximum Gasteiger partial charge on any atom is 0.573 e. The Kier molecular flexibility index (Phi) is 7.07. The van der Waals surface area contributed by atoms with E-state index in [4.69, 9.17) is 0 Å². The lowest BCUT2D eigenvalue weighted by molar-refractivity contribution is -0.274. The van der Waals surface area contributed by atoms with E-state index < -0.39 is 6.36 Å². The Morgan fingerprint density at radius 2 is 1.38 bits per heavy atom. The average molecular weight is 402 g/mol. The second-order valence-corrected chi connectivity index (χ2v) is 7.40. The van der Waals surface area contributed by atoms with Crippen molar-refractivity contribution in [3.63, 3.8) is 0 Å². The second kappa shape index (κ2) is 9.72. The normalized spacial score (nSPS) is 20.4. The molecule has 0 radical (unpaired) electrons. The van der Waals surface area contributed by atoms with Crippen LogP contribution in [0.25, 0.3) is 0 Å². The van der Waals surface area contributed by atoms with Gasteiger partial charge in [0.15, 0.2) is 0 Å². The van der Waals surface area contributed by atoms with E-state index in [0.717, 1.165) is 11.5 Å². The summed E-state index contributed by atoms with van der Waals surface area (Å²) in [6, 6.07) is 13.9. The zero-order chi connectivity index (χ0) is 20.7. The van der Waals surface area contributed by atoms with Crippen LogP contribution in [0, 0.1) is 5.92 Å². The van der Waals surface area contributed by atoms with Gasteiger partial charge in [-0.25, -0.2) is 0 Å². The molecule has 1 aliphatic carbocycles. The Hall–Kier alpha value is -2.63. The molecule has 0 spiro atoms. The fraction of sp³-hybridized carbons (Fsp3) is 0.391. The number of benzene rings is 2. The van der Waals surface area contributed by atoms with E-state index in [9.17, 15) is 13.2 Å². The van der Waals surface area contributed by atoms with Crippen LogP contribution < -0.4 is 4.74 Å². The van der Waals surface area contributed by atoms with Crippen LogP contribution >= 0.6 is 0 Å². The third-order valence-electron chi connectivity index (χ3n) is 5.43. The van der Waals surface area contributed by atoms with Gasteiger partial charge in [0.25, 0.3) is 0 Å². The first-order chi connectivity index (χ1) is 13.9. The second-order valence-electron chi connectivity index (χ2n) is 7.40.